The Morgan fingerprint density at radius 3 is 2.17 bits per heavy atom. The third kappa shape index (κ3) is 6.08. The van der Waals surface area contributed by atoms with Gasteiger partial charge in [0, 0.05) is 25.6 Å². The lowest BCUT2D eigenvalue weighted by atomic mass is 10.0. The number of amides is 2. The molecule has 0 aliphatic carbocycles. The molecule has 0 aromatic heterocycles. The van der Waals surface area contributed by atoms with E-state index in [2.05, 4.69) is 19.2 Å². The number of para-hydroxylation sites is 3. The van der Waals surface area contributed by atoms with Gasteiger partial charge in [-0.15, -0.1) is 0 Å². The number of nitrogens with one attached hydrogen (secondary N) is 1. The van der Waals surface area contributed by atoms with Crippen molar-refractivity contribution in [3.8, 4) is 5.75 Å². The van der Waals surface area contributed by atoms with Crippen LogP contribution in [0.15, 0.2) is 42.5 Å². The maximum absolute atomic E-state index is 12.6. The fourth-order valence-corrected chi connectivity index (χ4v) is 3.34. The molecule has 2 rings (SSSR count). The number of rotatable bonds is 9. The highest BCUT2D eigenvalue weighted by molar-refractivity contribution is 5.96. The van der Waals surface area contributed by atoms with Crippen LogP contribution in [0.1, 0.15) is 52.2 Å². The van der Waals surface area contributed by atoms with E-state index in [-0.39, 0.29) is 24.3 Å². The molecule has 5 nitrogen and oxygen atoms in total. The summed E-state index contributed by atoms with van der Waals surface area (Å²) in [6, 6.07) is 13.5. The van der Waals surface area contributed by atoms with Gasteiger partial charge < -0.3 is 15.0 Å². The highest BCUT2D eigenvalue weighted by Gasteiger charge is 2.19. The van der Waals surface area contributed by atoms with E-state index in [1.165, 1.54) is 0 Å². The third-order valence-electron chi connectivity index (χ3n) is 4.70. The molecule has 2 aromatic rings. The van der Waals surface area contributed by atoms with Crippen LogP contribution in [0.4, 0.5) is 11.4 Å². The number of anilines is 2. The molecule has 0 aliphatic heterocycles. The lowest BCUT2D eigenvalue weighted by Crippen LogP contribution is -2.33. The van der Waals surface area contributed by atoms with E-state index in [0.717, 1.165) is 29.7 Å². The van der Waals surface area contributed by atoms with E-state index in [1.54, 1.807) is 11.8 Å². The molecule has 0 unspecified atom stereocenters. The highest BCUT2D eigenvalue weighted by atomic mass is 16.5. The standard InChI is InChI=1S/C24H32N2O3/c1-6-19-11-10-12-20(7-2)24(19)26(18(5)27)16-15-23(28)25-21-13-8-9-14-22(21)29-17(3)4/h8-14,17H,6-7,15-16H2,1-5H3,(H,25,28). The summed E-state index contributed by atoms with van der Waals surface area (Å²) >= 11 is 0. The van der Waals surface area contributed by atoms with Gasteiger partial charge in [-0.3, -0.25) is 9.59 Å². The molecule has 2 amide bonds. The minimum atomic E-state index is -0.150. The second-order valence-corrected chi connectivity index (χ2v) is 7.26. The second-order valence-electron chi connectivity index (χ2n) is 7.26. The first kappa shape index (κ1) is 22.5. The van der Waals surface area contributed by atoms with Gasteiger partial charge in [-0.1, -0.05) is 44.2 Å². The van der Waals surface area contributed by atoms with E-state index >= 15 is 0 Å². The Labute approximate surface area is 174 Å². The van der Waals surface area contributed by atoms with Crippen LogP contribution < -0.4 is 15.0 Å². The van der Waals surface area contributed by atoms with Crippen molar-refractivity contribution in [1.82, 2.24) is 0 Å². The van der Waals surface area contributed by atoms with E-state index in [0.29, 0.717) is 18.0 Å². The van der Waals surface area contributed by atoms with Crippen LogP contribution in [0, 0.1) is 0 Å². The quantitative estimate of drug-likeness (QED) is 0.650. The zero-order valence-corrected chi connectivity index (χ0v) is 18.1. The summed E-state index contributed by atoms with van der Waals surface area (Å²) in [6.07, 6.45) is 1.88. The Bertz CT molecular complexity index is 824. The molecule has 0 saturated carbocycles. The lowest BCUT2D eigenvalue weighted by molar-refractivity contribution is -0.117. The molecular weight excluding hydrogens is 364 g/mol. The molecule has 0 saturated heterocycles. The summed E-state index contributed by atoms with van der Waals surface area (Å²) < 4.78 is 5.76. The van der Waals surface area contributed by atoms with Crippen molar-refractivity contribution in [3.63, 3.8) is 0 Å². The number of hydrogen-bond donors (Lipinski definition) is 1. The maximum Gasteiger partial charge on any atom is 0.226 e. The number of hydrogen-bond acceptors (Lipinski definition) is 3. The molecule has 156 valence electrons. The zero-order chi connectivity index (χ0) is 21.4. The fraction of sp³-hybridized carbons (Fsp3) is 0.417. The van der Waals surface area contributed by atoms with Gasteiger partial charge in [0.25, 0.3) is 0 Å². The predicted octanol–water partition coefficient (Wildman–Crippen LogP) is 4.98. The minimum absolute atomic E-state index is 0.0132. The van der Waals surface area contributed by atoms with Crippen LogP contribution in [0.3, 0.4) is 0 Å². The van der Waals surface area contributed by atoms with Gasteiger partial charge in [-0.25, -0.2) is 0 Å². The van der Waals surface area contributed by atoms with E-state index < -0.39 is 0 Å². The Kier molecular flexibility index (Phi) is 8.25. The second kappa shape index (κ2) is 10.6. The van der Waals surface area contributed by atoms with E-state index in [1.807, 2.05) is 56.3 Å². The topological polar surface area (TPSA) is 58.6 Å². The molecule has 0 spiro atoms. The Morgan fingerprint density at radius 1 is 1.00 bits per heavy atom. The Hall–Kier alpha value is -2.82. The molecule has 0 atom stereocenters. The molecule has 1 N–H and O–H groups in total. The number of nitrogens with zero attached hydrogens (tertiary/aromatic N) is 1. The van der Waals surface area contributed by atoms with Crippen LogP contribution in [0.5, 0.6) is 5.75 Å². The molecule has 0 heterocycles. The van der Waals surface area contributed by atoms with Crippen molar-refractivity contribution in [2.45, 2.75) is 60.0 Å². The number of benzene rings is 2. The molecule has 29 heavy (non-hydrogen) atoms. The Morgan fingerprint density at radius 2 is 1.62 bits per heavy atom. The van der Waals surface area contributed by atoms with Crippen LogP contribution >= 0.6 is 0 Å². The number of ether oxygens (including phenoxy) is 1. The van der Waals surface area contributed by atoms with Gasteiger partial charge in [0.2, 0.25) is 11.8 Å². The van der Waals surface area contributed by atoms with E-state index in [4.69, 9.17) is 4.74 Å². The number of aryl methyl sites for hydroxylation is 2. The number of carbonyl (C=O) groups is 2. The smallest absolute Gasteiger partial charge is 0.226 e. The maximum atomic E-state index is 12.6. The number of carbonyl (C=O) groups excluding carboxylic acids is 2. The first-order valence-electron chi connectivity index (χ1n) is 10.3. The summed E-state index contributed by atoms with van der Waals surface area (Å²) in [6.45, 7) is 9.93. The van der Waals surface area contributed by atoms with Crippen LogP contribution in [0.2, 0.25) is 0 Å². The minimum Gasteiger partial charge on any atom is -0.489 e. The van der Waals surface area contributed by atoms with Gasteiger partial charge >= 0.3 is 0 Å². The van der Waals surface area contributed by atoms with Crippen LogP contribution in [-0.4, -0.2) is 24.5 Å². The molecule has 0 radical (unpaired) electrons. The molecule has 5 heteroatoms. The van der Waals surface area contributed by atoms with Gasteiger partial charge in [0.1, 0.15) is 5.75 Å². The average molecular weight is 397 g/mol. The van der Waals surface area contributed by atoms with Crippen molar-refractivity contribution in [3.05, 3.63) is 53.6 Å². The SMILES string of the molecule is CCc1cccc(CC)c1N(CCC(=O)Nc1ccccc1OC(C)C)C(C)=O. The largest absolute Gasteiger partial charge is 0.489 e. The molecule has 0 aliphatic rings. The summed E-state index contributed by atoms with van der Waals surface area (Å²) in [7, 11) is 0. The first-order valence-corrected chi connectivity index (χ1v) is 10.3. The van der Waals surface area contributed by atoms with Crippen molar-refractivity contribution in [2.75, 3.05) is 16.8 Å². The van der Waals surface area contributed by atoms with Crippen LogP contribution in [-0.2, 0) is 22.4 Å². The summed E-state index contributed by atoms with van der Waals surface area (Å²) in [5.74, 6) is 0.434. The van der Waals surface area contributed by atoms with Crippen molar-refractivity contribution in [1.29, 1.82) is 0 Å². The first-order chi connectivity index (χ1) is 13.9. The molecular formula is C24H32N2O3. The average Bonchev–Trinajstić information content (AvgIpc) is 2.69. The third-order valence-corrected chi connectivity index (χ3v) is 4.70. The highest BCUT2D eigenvalue weighted by Crippen LogP contribution is 2.28. The lowest BCUT2D eigenvalue weighted by Gasteiger charge is -2.26. The summed E-state index contributed by atoms with van der Waals surface area (Å²) in [5, 5.41) is 2.92. The normalized spacial score (nSPS) is 10.7. The zero-order valence-electron chi connectivity index (χ0n) is 18.1. The monoisotopic (exact) mass is 396 g/mol. The van der Waals surface area contributed by atoms with Crippen LogP contribution in [0.25, 0.3) is 0 Å². The predicted molar refractivity (Wildman–Crippen MR) is 119 cm³/mol. The van der Waals surface area contributed by atoms with E-state index in [9.17, 15) is 9.59 Å². The molecule has 2 aromatic carbocycles. The summed E-state index contributed by atoms with van der Waals surface area (Å²) in [5.41, 5.74) is 3.83. The molecule has 0 bridgehead atoms. The fourth-order valence-electron chi connectivity index (χ4n) is 3.34. The Balaban J connectivity index is 2.15. The van der Waals surface area contributed by atoms with Crippen molar-refractivity contribution < 1.29 is 14.3 Å². The van der Waals surface area contributed by atoms with Crippen molar-refractivity contribution in [2.24, 2.45) is 0 Å². The van der Waals surface area contributed by atoms with Gasteiger partial charge in [-0.2, -0.15) is 0 Å². The van der Waals surface area contributed by atoms with Gasteiger partial charge in [0.15, 0.2) is 0 Å². The summed E-state index contributed by atoms with van der Waals surface area (Å²) in [4.78, 5) is 26.7. The van der Waals surface area contributed by atoms with Gasteiger partial charge in [0.05, 0.1) is 11.8 Å². The van der Waals surface area contributed by atoms with Crippen molar-refractivity contribution >= 4 is 23.2 Å². The van der Waals surface area contributed by atoms with Gasteiger partial charge in [-0.05, 0) is 49.9 Å². The molecule has 0 fully saturated rings.